The summed E-state index contributed by atoms with van der Waals surface area (Å²) in [6, 6.07) is 8.51. The summed E-state index contributed by atoms with van der Waals surface area (Å²) < 4.78 is 39.6. The van der Waals surface area contributed by atoms with Crippen LogP contribution < -0.4 is 5.32 Å². The molecule has 3 heterocycles. The van der Waals surface area contributed by atoms with Crippen LogP contribution in [0.4, 0.5) is 24.7 Å². The molecule has 0 fully saturated rings. The number of carbonyl (C=O) groups is 1. The first kappa shape index (κ1) is 22.7. The fourth-order valence-electron chi connectivity index (χ4n) is 3.71. The van der Waals surface area contributed by atoms with Crippen LogP contribution in [0.5, 0.6) is 0 Å². The highest BCUT2D eigenvalue weighted by molar-refractivity contribution is 5.82. The zero-order valence-corrected chi connectivity index (χ0v) is 18.6. The highest BCUT2D eigenvalue weighted by Gasteiger charge is 2.33. The monoisotopic (exact) mass is 455 g/mol. The van der Waals surface area contributed by atoms with Crippen molar-refractivity contribution in [1.29, 1.82) is 0 Å². The molecule has 6 nitrogen and oxygen atoms in total. The normalized spacial score (nSPS) is 14.1. The van der Waals surface area contributed by atoms with Gasteiger partial charge in [-0.3, -0.25) is 9.78 Å². The third-order valence-electron chi connectivity index (χ3n) is 5.38. The van der Waals surface area contributed by atoms with Crippen LogP contribution in [0, 0.1) is 5.41 Å². The predicted molar refractivity (Wildman–Crippen MR) is 119 cm³/mol. The van der Waals surface area contributed by atoms with E-state index in [-0.39, 0.29) is 18.1 Å². The second-order valence-electron chi connectivity index (χ2n) is 8.99. The van der Waals surface area contributed by atoms with Crippen molar-refractivity contribution >= 4 is 17.4 Å². The van der Waals surface area contributed by atoms with Crippen LogP contribution in [0.2, 0.25) is 0 Å². The number of fused-ring (bicyclic) bond motifs is 1. The smallest absolute Gasteiger partial charge is 0.340 e. The lowest BCUT2D eigenvalue weighted by Crippen LogP contribution is -2.42. The first-order valence-corrected chi connectivity index (χ1v) is 10.6. The maximum absolute atomic E-state index is 13.2. The molecule has 2 aromatic heterocycles. The Morgan fingerprint density at radius 1 is 1.06 bits per heavy atom. The Balaban J connectivity index is 1.77. The largest absolute Gasteiger partial charge is 0.416 e. The number of alkyl halides is 3. The van der Waals surface area contributed by atoms with E-state index in [1.807, 2.05) is 20.8 Å². The van der Waals surface area contributed by atoms with Gasteiger partial charge in [0, 0.05) is 47.6 Å². The molecule has 172 valence electrons. The molecule has 1 amide bonds. The van der Waals surface area contributed by atoms with E-state index < -0.39 is 17.2 Å². The minimum absolute atomic E-state index is 0.00335. The summed E-state index contributed by atoms with van der Waals surface area (Å²) in [5.41, 5.74) is 1.16. The maximum Gasteiger partial charge on any atom is 0.416 e. The number of pyridine rings is 1. The van der Waals surface area contributed by atoms with E-state index >= 15 is 0 Å². The van der Waals surface area contributed by atoms with E-state index in [9.17, 15) is 18.0 Å². The van der Waals surface area contributed by atoms with Crippen LogP contribution in [0.25, 0.3) is 11.4 Å². The quantitative estimate of drug-likeness (QED) is 0.586. The van der Waals surface area contributed by atoms with Gasteiger partial charge in [0.25, 0.3) is 0 Å². The number of amides is 1. The van der Waals surface area contributed by atoms with Crippen LogP contribution in [-0.4, -0.2) is 32.3 Å². The molecule has 33 heavy (non-hydrogen) atoms. The zero-order chi connectivity index (χ0) is 23.8. The molecule has 0 spiro atoms. The van der Waals surface area contributed by atoms with Crippen molar-refractivity contribution in [2.24, 2.45) is 5.41 Å². The maximum atomic E-state index is 13.2. The summed E-state index contributed by atoms with van der Waals surface area (Å²) in [5, 5.41) is 3.05. The van der Waals surface area contributed by atoms with Crippen LogP contribution in [-0.2, 0) is 23.9 Å². The number of benzene rings is 1. The van der Waals surface area contributed by atoms with Crippen molar-refractivity contribution in [3.8, 4) is 11.4 Å². The van der Waals surface area contributed by atoms with Gasteiger partial charge in [-0.1, -0.05) is 26.8 Å². The lowest BCUT2D eigenvalue weighted by Gasteiger charge is -2.34. The molecular weight excluding hydrogens is 431 g/mol. The number of halogens is 3. The van der Waals surface area contributed by atoms with Crippen LogP contribution in [0.15, 0.2) is 48.8 Å². The van der Waals surface area contributed by atoms with E-state index in [2.05, 4.69) is 15.3 Å². The minimum Gasteiger partial charge on any atom is -0.340 e. The van der Waals surface area contributed by atoms with E-state index in [1.54, 1.807) is 35.5 Å². The Kier molecular flexibility index (Phi) is 5.82. The summed E-state index contributed by atoms with van der Waals surface area (Å²) in [5.74, 6) is 0.829. The summed E-state index contributed by atoms with van der Waals surface area (Å²) >= 11 is 0. The fourth-order valence-corrected chi connectivity index (χ4v) is 3.71. The van der Waals surface area contributed by atoms with Crippen molar-refractivity contribution in [3.63, 3.8) is 0 Å². The van der Waals surface area contributed by atoms with Crippen molar-refractivity contribution in [3.05, 3.63) is 65.6 Å². The number of carbonyl (C=O) groups excluding carboxylic acids is 1. The molecule has 9 heteroatoms. The van der Waals surface area contributed by atoms with Crippen molar-refractivity contribution in [1.82, 2.24) is 19.9 Å². The van der Waals surface area contributed by atoms with E-state index in [0.29, 0.717) is 30.2 Å². The Hall–Kier alpha value is -3.49. The molecule has 0 saturated carbocycles. The molecule has 1 aromatic carbocycles. The molecule has 1 N–H and O–H groups in total. The number of hydrogen-bond donors (Lipinski definition) is 1. The lowest BCUT2D eigenvalue weighted by atomic mass is 9.93. The highest BCUT2D eigenvalue weighted by Crippen LogP contribution is 2.34. The average molecular weight is 455 g/mol. The number of nitrogens with zero attached hydrogens (tertiary/aromatic N) is 4. The molecule has 0 radical (unpaired) electrons. The van der Waals surface area contributed by atoms with Gasteiger partial charge in [0.2, 0.25) is 5.91 Å². The predicted octanol–water partition coefficient (Wildman–Crippen LogP) is 5.23. The lowest BCUT2D eigenvalue weighted by molar-refractivity contribution is -0.140. The van der Waals surface area contributed by atoms with Crippen molar-refractivity contribution in [2.45, 2.75) is 39.9 Å². The SMILES string of the molecule is CC(C)(C)C(=O)N1CCc2nc(-c3ccncc3)nc(Nc3cccc(C(F)(F)F)c3)c2C1. The summed E-state index contributed by atoms with van der Waals surface area (Å²) in [7, 11) is 0. The molecule has 4 rings (SSSR count). The minimum atomic E-state index is -4.46. The van der Waals surface area contributed by atoms with Crippen LogP contribution in [0.1, 0.15) is 37.6 Å². The molecular formula is C24H24F3N5O. The zero-order valence-electron chi connectivity index (χ0n) is 18.6. The van der Waals surface area contributed by atoms with Gasteiger partial charge >= 0.3 is 6.18 Å². The standard InChI is InChI=1S/C24H24F3N5O/c1-23(2,3)22(33)32-12-9-19-18(14-32)21(31-20(30-19)15-7-10-28-11-8-15)29-17-6-4-5-16(13-17)24(25,26)27/h4-8,10-11,13H,9,12,14H2,1-3H3,(H,29,30,31). The van der Waals surface area contributed by atoms with Gasteiger partial charge in [-0.15, -0.1) is 0 Å². The van der Waals surface area contributed by atoms with Crippen LogP contribution in [0.3, 0.4) is 0 Å². The molecule has 0 saturated heterocycles. The Bertz CT molecular complexity index is 1170. The molecule has 0 unspecified atom stereocenters. The average Bonchev–Trinajstić information content (AvgIpc) is 2.78. The topological polar surface area (TPSA) is 71.0 Å². The van der Waals surface area contributed by atoms with Gasteiger partial charge in [-0.05, 0) is 30.3 Å². The van der Waals surface area contributed by atoms with Gasteiger partial charge in [0.1, 0.15) is 5.82 Å². The Morgan fingerprint density at radius 3 is 2.45 bits per heavy atom. The van der Waals surface area contributed by atoms with Crippen molar-refractivity contribution < 1.29 is 18.0 Å². The van der Waals surface area contributed by atoms with Gasteiger partial charge in [0.05, 0.1) is 17.8 Å². The Labute approximate surface area is 189 Å². The second kappa shape index (κ2) is 8.46. The molecule has 1 aliphatic heterocycles. The summed E-state index contributed by atoms with van der Waals surface area (Å²) in [4.78, 5) is 28.0. The third-order valence-corrected chi connectivity index (χ3v) is 5.38. The molecule has 3 aromatic rings. The number of nitrogens with one attached hydrogen (secondary N) is 1. The second-order valence-corrected chi connectivity index (χ2v) is 8.99. The summed E-state index contributed by atoms with van der Waals surface area (Å²) in [6.45, 7) is 6.36. The highest BCUT2D eigenvalue weighted by atomic mass is 19.4. The number of anilines is 2. The van der Waals surface area contributed by atoms with Gasteiger partial charge in [-0.2, -0.15) is 13.2 Å². The van der Waals surface area contributed by atoms with E-state index in [1.165, 1.54) is 6.07 Å². The van der Waals surface area contributed by atoms with E-state index in [4.69, 9.17) is 4.98 Å². The van der Waals surface area contributed by atoms with Gasteiger partial charge in [-0.25, -0.2) is 9.97 Å². The van der Waals surface area contributed by atoms with Gasteiger partial charge in [0.15, 0.2) is 5.82 Å². The first-order valence-electron chi connectivity index (χ1n) is 10.6. The third kappa shape index (κ3) is 4.97. The molecule has 0 aliphatic carbocycles. The first-order chi connectivity index (χ1) is 15.5. The van der Waals surface area contributed by atoms with E-state index in [0.717, 1.165) is 23.4 Å². The molecule has 1 aliphatic rings. The number of hydrogen-bond acceptors (Lipinski definition) is 5. The Morgan fingerprint density at radius 2 is 1.79 bits per heavy atom. The van der Waals surface area contributed by atoms with Crippen LogP contribution >= 0.6 is 0 Å². The molecule has 0 bridgehead atoms. The number of rotatable bonds is 3. The molecule has 0 atom stereocenters. The summed E-state index contributed by atoms with van der Waals surface area (Å²) in [6.07, 6.45) is -0.681. The van der Waals surface area contributed by atoms with Crippen molar-refractivity contribution in [2.75, 3.05) is 11.9 Å². The fraction of sp³-hybridized carbons (Fsp3) is 0.333. The van der Waals surface area contributed by atoms with Gasteiger partial charge < -0.3 is 10.2 Å². The number of aromatic nitrogens is 3.